The second kappa shape index (κ2) is 18.1. The van der Waals surface area contributed by atoms with Gasteiger partial charge in [-0.3, -0.25) is 24.2 Å². The van der Waals surface area contributed by atoms with Crippen LogP contribution in [-0.2, 0) is 30.4 Å². The predicted molar refractivity (Wildman–Crippen MR) is 163 cm³/mol. The number of hydrogen-bond acceptors (Lipinski definition) is 8. The number of carbonyl (C=O) groups is 5. The van der Waals surface area contributed by atoms with Crippen molar-refractivity contribution in [3.63, 3.8) is 0 Å². The van der Waals surface area contributed by atoms with Crippen LogP contribution in [0.2, 0.25) is 0 Å². The monoisotopic (exact) mass is 617 g/mol. The molecule has 0 bridgehead atoms. The standard InChI is InChI=1S/C28H43N9O7/c29-12-4-3-7-18(30)24(40)35-21(10-11-23(38)39)26(42)36-20(9-5-13-33-28(31)32)25(41)37-22(27(43)44)14-16-15-34-19-8-2-1-6-17(16)19/h1-2,6,8,15,18,20-22,34H,3-5,7,9-14,29-30H2,(H,35,40)(H,36,42)(H,37,41)(H,38,39)(H,43,44)(H4,31,32,33). The molecule has 0 saturated carbocycles. The van der Waals surface area contributed by atoms with Crippen molar-refractivity contribution in [3.8, 4) is 0 Å². The van der Waals surface area contributed by atoms with Crippen molar-refractivity contribution < 1.29 is 34.2 Å². The number of aromatic amines is 1. The van der Waals surface area contributed by atoms with Crippen molar-refractivity contribution in [2.24, 2.45) is 27.9 Å². The second-order valence-corrected chi connectivity index (χ2v) is 10.4. The number of nitrogens with two attached hydrogens (primary N) is 4. The third-order valence-corrected chi connectivity index (χ3v) is 6.88. The number of aromatic nitrogens is 1. The SMILES string of the molecule is NCCCCC(N)C(=O)NC(CCC(=O)O)C(=O)NC(CCCN=C(N)N)C(=O)NC(Cc1c[nH]c2ccccc12)C(=O)O. The van der Waals surface area contributed by atoms with Crippen molar-refractivity contribution in [1.82, 2.24) is 20.9 Å². The molecule has 1 aromatic heterocycles. The number of fused-ring (bicyclic) bond motifs is 1. The van der Waals surface area contributed by atoms with Crippen LogP contribution in [0, 0.1) is 0 Å². The Kier molecular flexibility index (Phi) is 14.6. The van der Waals surface area contributed by atoms with Gasteiger partial charge in [0.2, 0.25) is 17.7 Å². The van der Waals surface area contributed by atoms with Crippen LogP contribution in [0.4, 0.5) is 0 Å². The van der Waals surface area contributed by atoms with E-state index in [1.54, 1.807) is 6.20 Å². The average molecular weight is 618 g/mol. The number of rotatable bonds is 20. The largest absolute Gasteiger partial charge is 0.481 e. The Morgan fingerprint density at radius 2 is 1.48 bits per heavy atom. The van der Waals surface area contributed by atoms with Crippen LogP contribution in [0.25, 0.3) is 10.9 Å². The second-order valence-electron chi connectivity index (χ2n) is 10.4. The Bertz CT molecular complexity index is 1310. The molecule has 0 aliphatic rings. The van der Waals surface area contributed by atoms with Gasteiger partial charge in [0.05, 0.1) is 6.04 Å². The third kappa shape index (κ3) is 11.9. The molecule has 16 nitrogen and oxygen atoms in total. The highest BCUT2D eigenvalue weighted by molar-refractivity contribution is 5.94. The summed E-state index contributed by atoms with van der Waals surface area (Å²) >= 11 is 0. The maximum absolute atomic E-state index is 13.4. The van der Waals surface area contributed by atoms with E-state index in [2.05, 4.69) is 25.9 Å². The number of guanidine groups is 1. The number of para-hydroxylation sites is 1. The first-order valence-corrected chi connectivity index (χ1v) is 14.3. The molecular formula is C28H43N9O7. The first kappa shape index (κ1) is 35.5. The third-order valence-electron chi connectivity index (χ3n) is 6.88. The molecule has 4 atom stereocenters. The van der Waals surface area contributed by atoms with Gasteiger partial charge in [-0.1, -0.05) is 24.6 Å². The normalized spacial score (nSPS) is 13.7. The summed E-state index contributed by atoms with van der Waals surface area (Å²) in [6.07, 6.45) is 2.67. The molecule has 2 rings (SSSR count). The molecular weight excluding hydrogens is 574 g/mol. The fourth-order valence-corrected chi connectivity index (χ4v) is 4.49. The number of aliphatic carboxylic acids is 2. The van der Waals surface area contributed by atoms with Crippen molar-refractivity contribution >= 4 is 46.5 Å². The van der Waals surface area contributed by atoms with Crippen LogP contribution in [0.3, 0.4) is 0 Å². The van der Waals surface area contributed by atoms with E-state index < -0.39 is 60.2 Å². The van der Waals surface area contributed by atoms with Crippen molar-refractivity contribution in [3.05, 3.63) is 36.0 Å². The fourth-order valence-electron chi connectivity index (χ4n) is 4.49. The quantitative estimate of drug-likeness (QED) is 0.0469. The summed E-state index contributed by atoms with van der Waals surface area (Å²) in [5, 5.41) is 27.4. The zero-order chi connectivity index (χ0) is 32.6. The molecule has 16 heteroatoms. The van der Waals surface area contributed by atoms with Gasteiger partial charge in [-0.25, -0.2) is 4.79 Å². The smallest absolute Gasteiger partial charge is 0.326 e. The van der Waals surface area contributed by atoms with E-state index in [0.717, 1.165) is 10.9 Å². The van der Waals surface area contributed by atoms with E-state index in [1.165, 1.54) is 0 Å². The van der Waals surface area contributed by atoms with E-state index in [0.29, 0.717) is 31.4 Å². The first-order chi connectivity index (χ1) is 20.9. The van der Waals surface area contributed by atoms with E-state index in [9.17, 15) is 34.2 Å². The Hall–Kier alpha value is -4.70. The van der Waals surface area contributed by atoms with Gasteiger partial charge >= 0.3 is 11.9 Å². The Morgan fingerprint density at radius 3 is 2.11 bits per heavy atom. The number of unbranched alkanes of at least 4 members (excludes halogenated alkanes) is 1. The number of carboxylic acid groups (broad SMARTS) is 2. The molecule has 0 radical (unpaired) electrons. The van der Waals surface area contributed by atoms with Gasteiger partial charge in [-0.2, -0.15) is 0 Å². The molecule has 1 aromatic carbocycles. The molecule has 0 spiro atoms. The highest BCUT2D eigenvalue weighted by Gasteiger charge is 2.31. The zero-order valence-corrected chi connectivity index (χ0v) is 24.5. The van der Waals surface area contributed by atoms with E-state index in [1.807, 2.05) is 24.3 Å². The lowest BCUT2D eigenvalue weighted by Crippen LogP contribution is -2.57. The van der Waals surface area contributed by atoms with Gasteiger partial charge < -0.3 is 54.1 Å². The topological polar surface area (TPSA) is 294 Å². The summed E-state index contributed by atoms with van der Waals surface area (Å²) in [6, 6.07) is 2.41. The highest BCUT2D eigenvalue weighted by atomic mass is 16.4. The number of H-pyrrole nitrogens is 1. The van der Waals surface area contributed by atoms with Crippen LogP contribution in [0.5, 0.6) is 0 Å². The molecule has 242 valence electrons. The van der Waals surface area contributed by atoms with Gasteiger partial charge in [-0.15, -0.1) is 0 Å². The number of benzene rings is 1. The molecule has 0 aliphatic carbocycles. The van der Waals surface area contributed by atoms with Crippen LogP contribution >= 0.6 is 0 Å². The van der Waals surface area contributed by atoms with Crippen molar-refractivity contribution in [1.29, 1.82) is 0 Å². The molecule has 0 aliphatic heterocycles. The molecule has 2 aromatic rings. The number of nitrogens with zero attached hydrogens (tertiary/aromatic N) is 1. The van der Waals surface area contributed by atoms with Gasteiger partial charge in [0.25, 0.3) is 0 Å². The molecule has 14 N–H and O–H groups in total. The highest BCUT2D eigenvalue weighted by Crippen LogP contribution is 2.19. The van der Waals surface area contributed by atoms with Gasteiger partial charge in [0, 0.05) is 36.5 Å². The molecule has 44 heavy (non-hydrogen) atoms. The van der Waals surface area contributed by atoms with Crippen LogP contribution < -0.4 is 38.9 Å². The van der Waals surface area contributed by atoms with Gasteiger partial charge in [-0.05, 0) is 50.3 Å². The summed E-state index contributed by atoms with van der Waals surface area (Å²) < 4.78 is 0. The summed E-state index contributed by atoms with van der Waals surface area (Å²) in [6.45, 7) is 0.547. The van der Waals surface area contributed by atoms with E-state index in [-0.39, 0.29) is 38.2 Å². The lowest BCUT2D eigenvalue weighted by molar-refractivity contribution is -0.142. The first-order valence-electron chi connectivity index (χ1n) is 14.3. The Morgan fingerprint density at radius 1 is 0.841 bits per heavy atom. The predicted octanol–water partition coefficient (Wildman–Crippen LogP) is -1.38. The minimum atomic E-state index is -1.34. The van der Waals surface area contributed by atoms with Crippen molar-refractivity contribution in [2.75, 3.05) is 13.1 Å². The molecule has 4 unspecified atom stereocenters. The number of carbonyl (C=O) groups excluding carboxylic acids is 3. The minimum absolute atomic E-state index is 0.00593. The molecule has 0 fully saturated rings. The molecule has 0 saturated heterocycles. The fraction of sp³-hybridized carbons (Fsp3) is 0.500. The zero-order valence-electron chi connectivity index (χ0n) is 24.5. The number of amides is 3. The van der Waals surface area contributed by atoms with E-state index >= 15 is 0 Å². The lowest BCUT2D eigenvalue weighted by Gasteiger charge is -2.25. The Labute approximate surface area is 254 Å². The molecule has 1 heterocycles. The summed E-state index contributed by atoms with van der Waals surface area (Å²) in [7, 11) is 0. The summed E-state index contributed by atoms with van der Waals surface area (Å²) in [4.78, 5) is 69.7. The summed E-state index contributed by atoms with van der Waals surface area (Å²) in [5.41, 5.74) is 23.6. The molecule has 3 amide bonds. The van der Waals surface area contributed by atoms with Crippen LogP contribution in [0.15, 0.2) is 35.5 Å². The maximum Gasteiger partial charge on any atom is 0.326 e. The van der Waals surface area contributed by atoms with Crippen LogP contribution in [-0.4, -0.2) is 88.1 Å². The summed E-state index contributed by atoms with van der Waals surface area (Å²) in [5.74, 6) is -4.94. The number of nitrogens with one attached hydrogen (secondary N) is 4. The number of aliphatic imine (C=N–C) groups is 1. The average Bonchev–Trinajstić information content (AvgIpc) is 3.38. The van der Waals surface area contributed by atoms with Gasteiger partial charge in [0.15, 0.2) is 5.96 Å². The van der Waals surface area contributed by atoms with Crippen LogP contribution in [0.1, 0.15) is 50.5 Å². The van der Waals surface area contributed by atoms with Gasteiger partial charge in [0.1, 0.15) is 18.1 Å². The lowest BCUT2D eigenvalue weighted by atomic mass is 10.0. The Balaban J connectivity index is 2.21. The number of carboxylic acids is 2. The maximum atomic E-state index is 13.4. The number of hydrogen-bond donors (Lipinski definition) is 10. The minimum Gasteiger partial charge on any atom is -0.481 e. The van der Waals surface area contributed by atoms with Crippen molar-refractivity contribution in [2.45, 2.75) is 75.5 Å². The van der Waals surface area contributed by atoms with E-state index in [4.69, 9.17) is 22.9 Å².